The van der Waals surface area contributed by atoms with Crippen molar-refractivity contribution in [1.29, 1.82) is 0 Å². The first-order chi connectivity index (χ1) is 10.4. The summed E-state index contributed by atoms with van der Waals surface area (Å²) in [6, 6.07) is 0. The molecule has 3 fully saturated rings. The summed E-state index contributed by atoms with van der Waals surface area (Å²) in [5, 5.41) is -0.322. The Morgan fingerprint density at radius 3 is 2.64 bits per heavy atom. The molecule has 3 aliphatic rings. The molecule has 0 amide bonds. The minimum atomic E-state index is -3.09. The maximum atomic E-state index is 12.1. The van der Waals surface area contributed by atoms with Crippen LogP contribution in [-0.2, 0) is 19.5 Å². The highest BCUT2D eigenvalue weighted by Gasteiger charge is 2.53. The smallest absolute Gasteiger partial charge is 0.216 e. The van der Waals surface area contributed by atoms with Crippen molar-refractivity contribution in [3.8, 4) is 0 Å². The molecular weight excluding hydrogens is 322 g/mol. The van der Waals surface area contributed by atoms with E-state index in [1.165, 1.54) is 0 Å². The number of ether oxygens (including phenoxy) is 2. The Labute approximate surface area is 138 Å². The van der Waals surface area contributed by atoms with Crippen molar-refractivity contribution >= 4 is 21.8 Å². The largest absolute Gasteiger partial charge is 0.381 e. The Morgan fingerprint density at radius 1 is 1.32 bits per heavy atom. The van der Waals surface area contributed by atoms with Crippen molar-refractivity contribution in [2.24, 2.45) is 5.92 Å². The fourth-order valence-corrected chi connectivity index (χ4v) is 6.56. The van der Waals surface area contributed by atoms with Crippen LogP contribution >= 0.6 is 11.8 Å². The van der Waals surface area contributed by atoms with E-state index in [1.54, 1.807) is 18.2 Å². The lowest BCUT2D eigenvalue weighted by Crippen LogP contribution is -2.61. The summed E-state index contributed by atoms with van der Waals surface area (Å²) < 4.78 is 37.5. The van der Waals surface area contributed by atoms with Crippen LogP contribution in [0.2, 0.25) is 0 Å². The molecule has 128 valence electrons. The Hall–Kier alpha value is 0.180. The summed E-state index contributed by atoms with van der Waals surface area (Å²) >= 11 is 1.90. The van der Waals surface area contributed by atoms with Crippen molar-refractivity contribution in [2.75, 3.05) is 38.7 Å². The highest BCUT2D eigenvalue weighted by Crippen LogP contribution is 2.47. The van der Waals surface area contributed by atoms with E-state index >= 15 is 0 Å². The Bertz CT molecular complexity index is 482. The average molecular weight is 350 g/mol. The molecule has 0 aliphatic carbocycles. The highest BCUT2D eigenvalue weighted by atomic mass is 32.2. The summed E-state index contributed by atoms with van der Waals surface area (Å²) in [6.07, 6.45) is 3.48. The zero-order valence-electron chi connectivity index (χ0n) is 13.5. The van der Waals surface area contributed by atoms with Gasteiger partial charge in [0.05, 0.1) is 11.4 Å². The van der Waals surface area contributed by atoms with Crippen molar-refractivity contribution in [2.45, 2.75) is 49.2 Å². The number of rotatable bonds is 5. The third kappa shape index (κ3) is 3.48. The number of thioether (sulfide) groups is 1. The maximum absolute atomic E-state index is 12.1. The van der Waals surface area contributed by atoms with Gasteiger partial charge in [-0.05, 0) is 39.0 Å². The molecule has 22 heavy (non-hydrogen) atoms. The SMILES string of the molecule is CC(C)S(=O)(=O)N1CC2(C[C@@H](OCC3CCOCC3)CS2)C1. The van der Waals surface area contributed by atoms with Crippen LogP contribution in [0.3, 0.4) is 0 Å². The number of nitrogens with zero attached hydrogens (tertiary/aromatic N) is 1. The van der Waals surface area contributed by atoms with Crippen LogP contribution in [0.4, 0.5) is 0 Å². The van der Waals surface area contributed by atoms with Crippen molar-refractivity contribution in [1.82, 2.24) is 4.31 Å². The average Bonchev–Trinajstić information content (AvgIpc) is 2.89. The molecule has 0 aromatic rings. The van der Waals surface area contributed by atoms with Gasteiger partial charge in [-0.2, -0.15) is 4.31 Å². The van der Waals surface area contributed by atoms with Gasteiger partial charge >= 0.3 is 0 Å². The molecule has 0 N–H and O–H groups in total. The summed E-state index contributed by atoms with van der Waals surface area (Å²) in [5.74, 6) is 1.63. The molecule has 0 radical (unpaired) electrons. The molecule has 0 aromatic carbocycles. The lowest BCUT2D eigenvalue weighted by atomic mass is 9.95. The second-order valence-corrected chi connectivity index (χ2v) is 11.0. The lowest BCUT2D eigenvalue weighted by Gasteiger charge is -2.47. The summed E-state index contributed by atoms with van der Waals surface area (Å²) in [4.78, 5) is 0. The standard InChI is InChI=1S/C15H27NO4S2/c1-12(2)22(17,18)16-10-15(11-16)7-14(9-21-15)20-8-13-3-5-19-6-4-13/h12-14H,3-11H2,1-2H3/t14-/m1/s1. The zero-order chi connectivity index (χ0) is 15.8. The van der Waals surface area contributed by atoms with Gasteiger partial charge in [-0.3, -0.25) is 0 Å². The highest BCUT2D eigenvalue weighted by molar-refractivity contribution is 8.01. The molecule has 3 aliphatic heterocycles. The fraction of sp³-hybridized carbons (Fsp3) is 1.00. The predicted molar refractivity (Wildman–Crippen MR) is 88.7 cm³/mol. The predicted octanol–water partition coefficient (Wildman–Crippen LogP) is 1.73. The topological polar surface area (TPSA) is 55.8 Å². The number of hydrogen-bond donors (Lipinski definition) is 0. The van der Waals surface area contributed by atoms with Gasteiger partial charge in [0.25, 0.3) is 0 Å². The molecule has 0 bridgehead atoms. The Balaban J connectivity index is 1.43. The minimum Gasteiger partial charge on any atom is -0.381 e. The van der Waals surface area contributed by atoms with Gasteiger partial charge in [0.15, 0.2) is 0 Å². The van der Waals surface area contributed by atoms with Crippen molar-refractivity contribution in [3.63, 3.8) is 0 Å². The molecule has 0 aromatic heterocycles. The molecule has 1 spiro atoms. The second kappa shape index (κ2) is 6.59. The first-order valence-corrected chi connectivity index (χ1v) is 10.7. The van der Waals surface area contributed by atoms with Gasteiger partial charge in [0.1, 0.15) is 0 Å². The molecule has 5 nitrogen and oxygen atoms in total. The van der Waals surface area contributed by atoms with E-state index in [1.807, 2.05) is 11.8 Å². The minimum absolute atomic E-state index is 0.113. The van der Waals surface area contributed by atoms with Crippen LogP contribution in [-0.4, -0.2) is 67.5 Å². The molecule has 1 atom stereocenters. The third-order valence-electron chi connectivity index (χ3n) is 4.97. The van der Waals surface area contributed by atoms with Crippen LogP contribution in [0.5, 0.6) is 0 Å². The van der Waals surface area contributed by atoms with Gasteiger partial charge in [0.2, 0.25) is 10.0 Å². The summed E-state index contributed by atoms with van der Waals surface area (Å²) in [7, 11) is -3.09. The van der Waals surface area contributed by atoms with Gasteiger partial charge in [-0.1, -0.05) is 0 Å². The Morgan fingerprint density at radius 2 is 2.00 bits per heavy atom. The lowest BCUT2D eigenvalue weighted by molar-refractivity contribution is -0.00925. The van der Waals surface area contributed by atoms with E-state index in [4.69, 9.17) is 9.47 Å². The van der Waals surface area contributed by atoms with Crippen LogP contribution in [0.1, 0.15) is 33.1 Å². The van der Waals surface area contributed by atoms with E-state index in [9.17, 15) is 8.42 Å². The van der Waals surface area contributed by atoms with Crippen LogP contribution in [0, 0.1) is 5.92 Å². The normalized spacial score (nSPS) is 30.0. The second-order valence-electron chi connectivity index (χ2n) is 7.07. The third-order valence-corrected chi connectivity index (χ3v) is 8.71. The first-order valence-electron chi connectivity index (χ1n) is 8.24. The summed E-state index contributed by atoms with van der Waals surface area (Å²) in [5.41, 5.74) is 0. The van der Waals surface area contributed by atoms with Crippen LogP contribution in [0.25, 0.3) is 0 Å². The maximum Gasteiger partial charge on any atom is 0.216 e. The molecule has 7 heteroatoms. The van der Waals surface area contributed by atoms with E-state index in [0.717, 1.165) is 44.8 Å². The molecule has 3 rings (SSSR count). The van der Waals surface area contributed by atoms with Gasteiger partial charge < -0.3 is 9.47 Å². The van der Waals surface area contributed by atoms with E-state index < -0.39 is 10.0 Å². The van der Waals surface area contributed by atoms with E-state index in [0.29, 0.717) is 19.0 Å². The zero-order valence-corrected chi connectivity index (χ0v) is 15.1. The first kappa shape index (κ1) is 17.0. The quantitative estimate of drug-likeness (QED) is 0.756. The monoisotopic (exact) mass is 349 g/mol. The Kier molecular flexibility index (Phi) is 5.10. The molecule has 3 heterocycles. The van der Waals surface area contributed by atoms with Crippen LogP contribution in [0.15, 0.2) is 0 Å². The van der Waals surface area contributed by atoms with E-state index in [-0.39, 0.29) is 16.1 Å². The van der Waals surface area contributed by atoms with Crippen molar-refractivity contribution < 1.29 is 17.9 Å². The van der Waals surface area contributed by atoms with Crippen LogP contribution < -0.4 is 0 Å². The fourth-order valence-electron chi connectivity index (χ4n) is 3.39. The van der Waals surface area contributed by atoms with Crippen molar-refractivity contribution in [3.05, 3.63) is 0 Å². The van der Waals surface area contributed by atoms with E-state index in [2.05, 4.69) is 0 Å². The number of hydrogen-bond acceptors (Lipinski definition) is 5. The summed E-state index contributed by atoms with van der Waals surface area (Å²) in [6.45, 7) is 7.38. The van der Waals surface area contributed by atoms with Gasteiger partial charge in [-0.25, -0.2) is 8.42 Å². The molecular formula is C15H27NO4S2. The van der Waals surface area contributed by atoms with Gasteiger partial charge in [0, 0.05) is 43.4 Å². The molecule has 0 saturated carbocycles. The molecule has 0 unspecified atom stereocenters. The molecule has 3 saturated heterocycles. The number of sulfonamides is 1. The van der Waals surface area contributed by atoms with Gasteiger partial charge in [-0.15, -0.1) is 11.8 Å².